The highest BCUT2D eigenvalue weighted by Crippen LogP contribution is 2.37. The van der Waals surface area contributed by atoms with Crippen molar-refractivity contribution in [3.05, 3.63) is 12.2 Å². The van der Waals surface area contributed by atoms with Crippen molar-refractivity contribution < 1.29 is 14.7 Å². The summed E-state index contributed by atoms with van der Waals surface area (Å²) in [5, 5.41) is 8.38. The third kappa shape index (κ3) is 1.64. The lowest BCUT2D eigenvalue weighted by Crippen LogP contribution is -2.36. The molecule has 2 atom stereocenters. The van der Waals surface area contributed by atoms with E-state index in [2.05, 4.69) is 0 Å². The maximum Gasteiger partial charge on any atom is 0.328 e. The van der Waals surface area contributed by atoms with Gasteiger partial charge in [0.05, 0.1) is 0 Å². The summed E-state index contributed by atoms with van der Waals surface area (Å²) in [7, 11) is 0. The van der Waals surface area contributed by atoms with Gasteiger partial charge < -0.3 is 10.0 Å². The van der Waals surface area contributed by atoms with Crippen LogP contribution in [0.25, 0.3) is 0 Å². The number of carbonyl (C=O) groups excluding carboxylic acids is 1. The van der Waals surface area contributed by atoms with E-state index in [1.165, 1.54) is 6.42 Å². The number of carboxylic acids is 1. The van der Waals surface area contributed by atoms with Crippen LogP contribution in [-0.2, 0) is 9.59 Å². The topological polar surface area (TPSA) is 57.6 Å². The molecule has 0 aromatic carbocycles. The van der Waals surface area contributed by atoms with Crippen LogP contribution in [0.4, 0.5) is 0 Å². The fourth-order valence-corrected chi connectivity index (χ4v) is 2.43. The number of hydrogen-bond acceptors (Lipinski definition) is 2. The predicted molar refractivity (Wildman–Crippen MR) is 49.6 cm³/mol. The second-order valence-corrected chi connectivity index (χ2v) is 4.00. The number of amides is 1. The van der Waals surface area contributed by atoms with Crippen LogP contribution in [-0.4, -0.2) is 34.5 Å². The largest absolute Gasteiger partial charge is 0.478 e. The van der Waals surface area contributed by atoms with Crippen molar-refractivity contribution in [3.8, 4) is 0 Å². The van der Waals surface area contributed by atoms with Gasteiger partial charge in [-0.25, -0.2) is 4.79 Å². The lowest BCUT2D eigenvalue weighted by molar-refractivity contribution is -0.132. The Kier molecular flexibility index (Phi) is 2.27. The molecule has 0 radical (unpaired) electrons. The van der Waals surface area contributed by atoms with Gasteiger partial charge in [-0.3, -0.25) is 4.79 Å². The summed E-state index contributed by atoms with van der Waals surface area (Å²) in [6.45, 7) is 0.813. The number of carboxylic acid groups (broad SMARTS) is 1. The molecular weight excluding hydrogens is 182 g/mol. The molecule has 1 saturated carbocycles. The molecule has 2 fully saturated rings. The van der Waals surface area contributed by atoms with Gasteiger partial charge >= 0.3 is 5.97 Å². The summed E-state index contributed by atoms with van der Waals surface area (Å²) < 4.78 is 0. The zero-order valence-corrected chi connectivity index (χ0v) is 7.85. The van der Waals surface area contributed by atoms with Crippen molar-refractivity contribution in [2.45, 2.75) is 25.3 Å². The van der Waals surface area contributed by atoms with Crippen molar-refractivity contribution in [1.82, 2.24) is 4.90 Å². The van der Waals surface area contributed by atoms with E-state index in [1.54, 1.807) is 4.90 Å². The summed E-state index contributed by atoms with van der Waals surface area (Å²) >= 11 is 0. The second-order valence-electron chi connectivity index (χ2n) is 4.00. The number of likely N-dealkylation sites (tertiary alicyclic amines) is 1. The lowest BCUT2D eigenvalue weighted by Gasteiger charge is -2.25. The maximum atomic E-state index is 11.5. The Labute approximate surface area is 82.2 Å². The predicted octanol–water partition coefficient (Wildman–Crippen LogP) is 0.638. The zero-order valence-electron chi connectivity index (χ0n) is 7.85. The van der Waals surface area contributed by atoms with Crippen molar-refractivity contribution in [3.63, 3.8) is 0 Å². The number of rotatable bonds is 2. The van der Waals surface area contributed by atoms with Gasteiger partial charge in [-0.1, -0.05) is 0 Å². The molecule has 76 valence electrons. The van der Waals surface area contributed by atoms with Crippen LogP contribution < -0.4 is 0 Å². The van der Waals surface area contributed by atoms with Crippen molar-refractivity contribution >= 4 is 11.9 Å². The highest BCUT2D eigenvalue weighted by atomic mass is 16.4. The van der Waals surface area contributed by atoms with Crippen LogP contribution in [0.1, 0.15) is 19.3 Å². The third-order valence-corrected chi connectivity index (χ3v) is 3.06. The van der Waals surface area contributed by atoms with E-state index in [0.29, 0.717) is 12.0 Å². The van der Waals surface area contributed by atoms with E-state index in [-0.39, 0.29) is 5.91 Å². The molecule has 4 heteroatoms. The van der Waals surface area contributed by atoms with E-state index in [0.717, 1.165) is 31.5 Å². The first kappa shape index (κ1) is 9.24. The van der Waals surface area contributed by atoms with E-state index in [4.69, 9.17) is 5.11 Å². The number of nitrogens with zero attached hydrogens (tertiary/aromatic N) is 1. The number of aliphatic carboxylic acids is 1. The molecule has 2 aliphatic rings. The monoisotopic (exact) mass is 195 g/mol. The molecular formula is C10H13NO3. The first-order chi connectivity index (χ1) is 6.66. The summed E-state index contributed by atoms with van der Waals surface area (Å²) in [4.78, 5) is 23.5. The van der Waals surface area contributed by atoms with Crippen molar-refractivity contribution in [2.24, 2.45) is 5.92 Å². The Morgan fingerprint density at radius 2 is 2.07 bits per heavy atom. The zero-order chi connectivity index (χ0) is 10.1. The van der Waals surface area contributed by atoms with Crippen LogP contribution in [0.15, 0.2) is 12.2 Å². The van der Waals surface area contributed by atoms with Gasteiger partial charge in [-0.2, -0.15) is 0 Å². The normalized spacial score (nSPS) is 30.1. The average molecular weight is 195 g/mol. The maximum absolute atomic E-state index is 11.5. The molecule has 4 nitrogen and oxygen atoms in total. The Morgan fingerprint density at radius 1 is 1.29 bits per heavy atom. The molecule has 0 aromatic rings. The minimum Gasteiger partial charge on any atom is -0.478 e. The van der Waals surface area contributed by atoms with E-state index in [1.807, 2.05) is 0 Å². The van der Waals surface area contributed by atoms with Crippen LogP contribution in [0.2, 0.25) is 0 Å². The standard InChI is InChI=1S/C10H13NO3/c12-9(3-4-10(13)14)11-6-7-1-2-8(11)5-7/h3-4,7-8H,1-2,5-6H2,(H,13,14). The van der Waals surface area contributed by atoms with Crippen molar-refractivity contribution in [2.75, 3.05) is 6.54 Å². The quantitative estimate of drug-likeness (QED) is 0.658. The summed E-state index contributed by atoms with van der Waals surface area (Å²) in [6.07, 6.45) is 5.47. The van der Waals surface area contributed by atoms with Gasteiger partial charge in [-0.15, -0.1) is 0 Å². The molecule has 1 aliphatic heterocycles. The van der Waals surface area contributed by atoms with Crippen LogP contribution in [0.5, 0.6) is 0 Å². The fourth-order valence-electron chi connectivity index (χ4n) is 2.43. The minimum absolute atomic E-state index is 0.153. The van der Waals surface area contributed by atoms with Gasteiger partial charge in [0.15, 0.2) is 0 Å². The summed E-state index contributed by atoms with van der Waals surface area (Å²) in [5.74, 6) is -0.565. The Hall–Kier alpha value is -1.32. The van der Waals surface area contributed by atoms with Gasteiger partial charge in [0.25, 0.3) is 0 Å². The minimum atomic E-state index is -1.07. The number of fused-ring (bicyclic) bond motifs is 2. The summed E-state index contributed by atoms with van der Waals surface area (Å²) in [6, 6.07) is 0.367. The van der Waals surface area contributed by atoms with Gasteiger partial charge in [-0.05, 0) is 25.2 Å². The van der Waals surface area contributed by atoms with E-state index < -0.39 is 5.97 Å². The average Bonchev–Trinajstić information content (AvgIpc) is 2.74. The molecule has 1 amide bonds. The molecule has 14 heavy (non-hydrogen) atoms. The molecule has 2 unspecified atom stereocenters. The Balaban J connectivity index is 1.96. The Bertz CT molecular complexity index is 298. The van der Waals surface area contributed by atoms with E-state index in [9.17, 15) is 9.59 Å². The number of carbonyl (C=O) groups is 2. The molecule has 1 N–H and O–H groups in total. The van der Waals surface area contributed by atoms with Crippen LogP contribution in [0.3, 0.4) is 0 Å². The molecule has 1 saturated heterocycles. The number of hydrogen-bond donors (Lipinski definition) is 1. The SMILES string of the molecule is O=C(O)C=CC(=O)N1CC2CCC1C2. The van der Waals surface area contributed by atoms with Crippen molar-refractivity contribution in [1.29, 1.82) is 0 Å². The molecule has 0 spiro atoms. The molecule has 1 heterocycles. The Morgan fingerprint density at radius 3 is 2.57 bits per heavy atom. The second kappa shape index (κ2) is 3.44. The first-order valence-electron chi connectivity index (χ1n) is 4.88. The van der Waals surface area contributed by atoms with Gasteiger partial charge in [0, 0.05) is 24.7 Å². The van der Waals surface area contributed by atoms with Crippen LogP contribution >= 0.6 is 0 Å². The number of piperidine rings is 1. The smallest absolute Gasteiger partial charge is 0.328 e. The van der Waals surface area contributed by atoms with Crippen LogP contribution in [0, 0.1) is 5.92 Å². The molecule has 1 aliphatic carbocycles. The van der Waals surface area contributed by atoms with E-state index >= 15 is 0 Å². The highest BCUT2D eigenvalue weighted by molar-refractivity contribution is 5.94. The van der Waals surface area contributed by atoms with Gasteiger partial charge in [0.1, 0.15) is 0 Å². The molecule has 0 aromatic heterocycles. The lowest BCUT2D eigenvalue weighted by atomic mass is 10.1. The third-order valence-electron chi connectivity index (χ3n) is 3.06. The molecule has 2 rings (SSSR count). The summed E-state index contributed by atoms with van der Waals surface area (Å²) in [5.41, 5.74) is 0. The highest BCUT2D eigenvalue weighted by Gasteiger charge is 2.39. The van der Waals surface area contributed by atoms with Gasteiger partial charge in [0.2, 0.25) is 5.91 Å². The fraction of sp³-hybridized carbons (Fsp3) is 0.600. The molecule has 2 bridgehead atoms. The first-order valence-corrected chi connectivity index (χ1v) is 4.88.